The van der Waals surface area contributed by atoms with Crippen molar-refractivity contribution >= 4 is 21.4 Å². The summed E-state index contributed by atoms with van der Waals surface area (Å²) in [6, 6.07) is 0. The van der Waals surface area contributed by atoms with Crippen molar-refractivity contribution in [3.8, 4) is 0 Å². The molecule has 0 spiro atoms. The van der Waals surface area contributed by atoms with Gasteiger partial charge in [-0.1, -0.05) is 24.3 Å². The number of H-pyrrole nitrogens is 2. The molecule has 0 saturated carbocycles. The van der Waals surface area contributed by atoms with Gasteiger partial charge in [-0.3, -0.25) is 19.8 Å². The fourth-order valence-corrected chi connectivity index (χ4v) is 3.96. The lowest BCUT2D eigenvalue weighted by molar-refractivity contribution is -0.114. The van der Waals surface area contributed by atoms with Crippen LogP contribution in [0.1, 0.15) is 22.7 Å². The highest BCUT2D eigenvalue weighted by Gasteiger charge is 2.31. The first-order valence-corrected chi connectivity index (χ1v) is 8.58. The lowest BCUT2D eigenvalue weighted by atomic mass is 10.1. The van der Waals surface area contributed by atoms with Crippen LogP contribution in [0.4, 0.5) is 0 Å². The van der Waals surface area contributed by atoms with Gasteiger partial charge >= 0.3 is 0 Å². The largest absolute Gasteiger partial charge is 0.290 e. The number of ketones is 2. The molecule has 124 valence electrons. The summed E-state index contributed by atoms with van der Waals surface area (Å²) >= 11 is 0. The fraction of sp³-hybridized carbons (Fsp3) is 0.214. The number of carbonyl (C=O) groups excluding carboxylic acids is 2. The predicted octanol–water partition coefficient (Wildman–Crippen LogP) is 0.181. The molecule has 0 aromatic carbocycles. The average molecular weight is 347 g/mol. The second-order valence-corrected chi connectivity index (χ2v) is 7.22. The first-order chi connectivity index (χ1) is 11.5. The highest BCUT2D eigenvalue weighted by Crippen LogP contribution is 2.24. The maximum Gasteiger partial charge on any atom is 0.267 e. The van der Waals surface area contributed by atoms with Crippen molar-refractivity contribution in [1.82, 2.24) is 25.4 Å². The molecule has 2 heterocycles. The van der Waals surface area contributed by atoms with Gasteiger partial charge in [0.1, 0.15) is 11.2 Å². The van der Waals surface area contributed by atoms with Crippen LogP contribution in [0.15, 0.2) is 41.7 Å². The number of aromatic amines is 2. The number of carbonyl (C=O) groups is 2. The molecular weight excluding hydrogens is 334 g/mol. The number of hydrogen-bond donors (Lipinski definition) is 2. The van der Waals surface area contributed by atoms with E-state index in [1.54, 1.807) is 24.3 Å². The van der Waals surface area contributed by atoms with Crippen molar-refractivity contribution in [3.63, 3.8) is 0 Å². The Morgan fingerprint density at radius 1 is 1.21 bits per heavy atom. The maximum absolute atomic E-state index is 12.7. The lowest BCUT2D eigenvalue weighted by Crippen LogP contribution is -2.23. The molecule has 2 N–H and O–H groups in total. The molecule has 0 bridgehead atoms. The molecule has 0 aliphatic heterocycles. The minimum absolute atomic E-state index is 0.00633. The van der Waals surface area contributed by atoms with Crippen LogP contribution in [-0.2, 0) is 21.1 Å². The molecular formula is C14H13N5O4S. The van der Waals surface area contributed by atoms with Gasteiger partial charge in [0.05, 0.1) is 17.4 Å². The molecule has 0 saturated heterocycles. The van der Waals surface area contributed by atoms with Gasteiger partial charge in [0.15, 0.2) is 9.84 Å². The monoisotopic (exact) mass is 347 g/mol. The van der Waals surface area contributed by atoms with E-state index in [4.69, 9.17) is 0 Å². The Kier molecular flexibility index (Phi) is 4.21. The molecule has 3 rings (SSSR count). The SMILES string of the molecule is O=C(Cc1n[nH]cc1S(=O)(=O)C1C=CC=CC1)C(=O)c1nc[nH]n1. The van der Waals surface area contributed by atoms with Crippen molar-refractivity contribution in [2.45, 2.75) is 23.0 Å². The highest BCUT2D eigenvalue weighted by molar-refractivity contribution is 7.92. The molecule has 10 heteroatoms. The van der Waals surface area contributed by atoms with E-state index in [0.29, 0.717) is 6.42 Å². The van der Waals surface area contributed by atoms with Gasteiger partial charge in [0.2, 0.25) is 11.6 Å². The fourth-order valence-electron chi connectivity index (χ4n) is 2.31. The zero-order valence-corrected chi connectivity index (χ0v) is 13.2. The zero-order valence-electron chi connectivity index (χ0n) is 12.3. The summed E-state index contributed by atoms with van der Waals surface area (Å²) in [5, 5.41) is 11.4. The van der Waals surface area contributed by atoms with E-state index in [-0.39, 0.29) is 16.4 Å². The second kappa shape index (κ2) is 6.32. The van der Waals surface area contributed by atoms with Crippen LogP contribution < -0.4 is 0 Å². The van der Waals surface area contributed by atoms with Crippen molar-refractivity contribution in [1.29, 1.82) is 0 Å². The molecule has 24 heavy (non-hydrogen) atoms. The Morgan fingerprint density at radius 3 is 2.71 bits per heavy atom. The summed E-state index contributed by atoms with van der Waals surface area (Å²) in [4.78, 5) is 27.5. The lowest BCUT2D eigenvalue weighted by Gasteiger charge is -2.13. The van der Waals surface area contributed by atoms with Gasteiger partial charge in [-0.05, 0) is 6.42 Å². The number of allylic oxidation sites excluding steroid dienone is 3. The minimum atomic E-state index is -3.71. The normalized spacial score (nSPS) is 17.1. The van der Waals surface area contributed by atoms with Crippen LogP contribution in [0.2, 0.25) is 0 Å². The Morgan fingerprint density at radius 2 is 2.04 bits per heavy atom. The standard InChI is InChI=1S/C14H13N5O4S/c20-11(13(21)14-15-8-17-19-14)6-10-12(7-16-18-10)24(22,23)9-4-2-1-3-5-9/h1-4,7-9H,5-6H2,(H,16,18)(H,15,17,19). The number of nitrogens with zero attached hydrogens (tertiary/aromatic N) is 3. The van der Waals surface area contributed by atoms with Gasteiger partial charge in [-0.15, -0.1) is 5.10 Å². The minimum Gasteiger partial charge on any atom is -0.290 e. The molecule has 9 nitrogen and oxygen atoms in total. The predicted molar refractivity (Wildman–Crippen MR) is 81.9 cm³/mol. The number of rotatable bonds is 6. The second-order valence-electron chi connectivity index (χ2n) is 5.08. The molecule has 1 aliphatic rings. The Hall–Kier alpha value is -2.88. The number of sulfone groups is 1. The summed E-state index contributed by atoms with van der Waals surface area (Å²) in [7, 11) is -3.71. The van der Waals surface area contributed by atoms with Gasteiger partial charge in [-0.25, -0.2) is 13.4 Å². The Labute approximate surface area is 136 Å². The van der Waals surface area contributed by atoms with Crippen LogP contribution >= 0.6 is 0 Å². The van der Waals surface area contributed by atoms with Crippen molar-refractivity contribution in [2.24, 2.45) is 0 Å². The van der Waals surface area contributed by atoms with Gasteiger partial charge in [-0.2, -0.15) is 5.10 Å². The van der Waals surface area contributed by atoms with Crippen LogP contribution in [0.25, 0.3) is 0 Å². The van der Waals surface area contributed by atoms with E-state index in [1.807, 2.05) is 0 Å². The number of hydrogen-bond acceptors (Lipinski definition) is 7. The van der Waals surface area contributed by atoms with Gasteiger partial charge in [0.25, 0.3) is 5.78 Å². The summed E-state index contributed by atoms with van der Waals surface area (Å²) in [5.74, 6) is -2.00. The van der Waals surface area contributed by atoms with E-state index >= 15 is 0 Å². The Bertz CT molecular complexity index is 924. The van der Waals surface area contributed by atoms with Crippen LogP contribution in [0, 0.1) is 0 Å². The number of aromatic nitrogens is 5. The van der Waals surface area contributed by atoms with E-state index in [2.05, 4.69) is 25.4 Å². The van der Waals surface area contributed by atoms with Crippen LogP contribution in [0.3, 0.4) is 0 Å². The molecule has 0 radical (unpaired) electrons. The third-order valence-corrected chi connectivity index (χ3v) is 5.64. The average Bonchev–Trinajstić information content (AvgIpc) is 3.26. The smallest absolute Gasteiger partial charge is 0.267 e. The Balaban J connectivity index is 1.83. The third-order valence-electron chi connectivity index (χ3n) is 3.53. The first kappa shape index (κ1) is 16.0. The van der Waals surface area contributed by atoms with Crippen LogP contribution in [0.5, 0.6) is 0 Å². The summed E-state index contributed by atoms with van der Waals surface area (Å²) in [5.41, 5.74) is 0.00633. The summed E-state index contributed by atoms with van der Waals surface area (Å²) in [6.07, 6.45) is 9.04. The summed E-state index contributed by atoms with van der Waals surface area (Å²) < 4.78 is 25.4. The molecule has 2 aromatic rings. The molecule has 1 unspecified atom stereocenters. The van der Waals surface area contributed by atoms with Gasteiger partial charge < -0.3 is 0 Å². The van der Waals surface area contributed by atoms with E-state index in [1.165, 1.54) is 12.5 Å². The van der Waals surface area contributed by atoms with Crippen molar-refractivity contribution in [3.05, 3.63) is 48.3 Å². The van der Waals surface area contributed by atoms with Gasteiger partial charge in [0, 0.05) is 6.20 Å². The molecule has 1 aliphatic carbocycles. The molecule has 0 fully saturated rings. The first-order valence-electron chi connectivity index (χ1n) is 7.03. The topological polar surface area (TPSA) is 139 Å². The van der Waals surface area contributed by atoms with E-state index < -0.39 is 33.1 Å². The quantitative estimate of drug-likeness (QED) is 0.561. The van der Waals surface area contributed by atoms with Crippen molar-refractivity contribution in [2.75, 3.05) is 0 Å². The van der Waals surface area contributed by atoms with E-state index in [0.717, 1.165) is 0 Å². The van der Waals surface area contributed by atoms with Crippen LogP contribution in [-0.4, -0.2) is 50.6 Å². The third kappa shape index (κ3) is 2.95. The van der Waals surface area contributed by atoms with Crippen molar-refractivity contribution < 1.29 is 18.0 Å². The highest BCUT2D eigenvalue weighted by atomic mass is 32.2. The van der Waals surface area contributed by atoms with E-state index in [9.17, 15) is 18.0 Å². The maximum atomic E-state index is 12.7. The number of nitrogens with one attached hydrogen (secondary N) is 2. The molecule has 1 atom stereocenters. The summed E-state index contributed by atoms with van der Waals surface area (Å²) in [6.45, 7) is 0. The molecule has 2 aromatic heterocycles. The number of Topliss-reactive ketones (excluding diaryl/α,β-unsaturated/α-hetero) is 2. The molecule has 0 amide bonds. The zero-order chi connectivity index (χ0) is 17.2.